The quantitative estimate of drug-likeness (QED) is 0.861. The fraction of sp³-hybridized carbons (Fsp3) is 0.375. The van der Waals surface area contributed by atoms with Gasteiger partial charge in [0.05, 0.1) is 16.2 Å². The van der Waals surface area contributed by atoms with Gasteiger partial charge in [-0.25, -0.2) is 12.7 Å². The van der Waals surface area contributed by atoms with Crippen LogP contribution in [0.4, 0.5) is 0 Å². The first-order valence-electron chi connectivity index (χ1n) is 7.17. The van der Waals surface area contributed by atoms with E-state index in [2.05, 4.69) is 5.10 Å². The SMILES string of the molecule is Cc1cc(C)c(S(=O)(=O)N(C)C(=O)c2cn(C)nc2C)c(C)c1. The maximum absolute atomic E-state index is 12.9. The molecule has 0 aliphatic carbocycles. The lowest BCUT2D eigenvalue weighted by molar-refractivity contribution is 0.0882. The largest absolute Gasteiger partial charge is 0.275 e. The van der Waals surface area contributed by atoms with Crippen molar-refractivity contribution in [2.45, 2.75) is 32.6 Å². The molecule has 0 aliphatic rings. The highest BCUT2D eigenvalue weighted by molar-refractivity contribution is 7.89. The first-order chi connectivity index (χ1) is 10.6. The van der Waals surface area contributed by atoms with Crippen LogP contribution in [-0.4, -0.2) is 35.5 Å². The summed E-state index contributed by atoms with van der Waals surface area (Å²) >= 11 is 0. The topological polar surface area (TPSA) is 72.3 Å². The molecule has 1 aromatic carbocycles. The summed E-state index contributed by atoms with van der Waals surface area (Å²) < 4.78 is 28.1. The Labute approximate surface area is 136 Å². The molecule has 0 radical (unpaired) electrons. The van der Waals surface area contributed by atoms with Gasteiger partial charge in [-0.15, -0.1) is 0 Å². The zero-order valence-corrected chi connectivity index (χ0v) is 15.0. The second-order valence-corrected chi connectivity index (χ2v) is 7.71. The predicted octanol–water partition coefficient (Wildman–Crippen LogP) is 2.11. The zero-order chi connectivity index (χ0) is 17.5. The number of aromatic nitrogens is 2. The molecule has 0 fully saturated rings. The van der Waals surface area contributed by atoms with Crippen molar-refractivity contribution in [1.82, 2.24) is 14.1 Å². The number of benzene rings is 1. The van der Waals surface area contributed by atoms with E-state index in [1.807, 2.05) is 6.92 Å². The minimum absolute atomic E-state index is 0.181. The molecule has 2 rings (SSSR count). The smallest absolute Gasteiger partial charge is 0.270 e. The molecular formula is C16H21N3O3S. The van der Waals surface area contributed by atoms with Crippen LogP contribution in [0.15, 0.2) is 23.2 Å². The zero-order valence-electron chi connectivity index (χ0n) is 14.2. The van der Waals surface area contributed by atoms with E-state index in [0.717, 1.165) is 9.87 Å². The Kier molecular flexibility index (Phi) is 4.34. The van der Waals surface area contributed by atoms with Crippen molar-refractivity contribution in [3.8, 4) is 0 Å². The molecule has 0 bridgehead atoms. The van der Waals surface area contributed by atoms with E-state index in [-0.39, 0.29) is 10.5 Å². The van der Waals surface area contributed by atoms with E-state index in [9.17, 15) is 13.2 Å². The van der Waals surface area contributed by atoms with Crippen LogP contribution in [0.1, 0.15) is 32.7 Å². The number of carbonyl (C=O) groups excluding carboxylic acids is 1. The third kappa shape index (κ3) is 3.01. The van der Waals surface area contributed by atoms with Crippen LogP contribution in [0.25, 0.3) is 0 Å². The van der Waals surface area contributed by atoms with Gasteiger partial charge >= 0.3 is 0 Å². The minimum atomic E-state index is -3.93. The Hall–Kier alpha value is -2.15. The van der Waals surface area contributed by atoms with Gasteiger partial charge < -0.3 is 0 Å². The average molecular weight is 335 g/mol. The Balaban J connectivity index is 2.52. The molecule has 1 aromatic heterocycles. The molecule has 23 heavy (non-hydrogen) atoms. The van der Waals surface area contributed by atoms with E-state index in [1.54, 1.807) is 40.0 Å². The van der Waals surface area contributed by atoms with E-state index in [4.69, 9.17) is 0 Å². The maximum atomic E-state index is 12.9. The summed E-state index contributed by atoms with van der Waals surface area (Å²) in [5.41, 5.74) is 3.02. The molecule has 124 valence electrons. The van der Waals surface area contributed by atoms with E-state index < -0.39 is 15.9 Å². The van der Waals surface area contributed by atoms with Crippen LogP contribution in [0, 0.1) is 27.7 Å². The molecule has 0 saturated carbocycles. The van der Waals surface area contributed by atoms with Gasteiger partial charge in [0.2, 0.25) is 0 Å². The molecule has 2 aromatic rings. The average Bonchev–Trinajstić information content (AvgIpc) is 2.74. The number of amides is 1. The maximum Gasteiger partial charge on any atom is 0.270 e. The van der Waals surface area contributed by atoms with Crippen molar-refractivity contribution in [3.05, 3.63) is 46.3 Å². The third-order valence-electron chi connectivity index (χ3n) is 3.75. The van der Waals surface area contributed by atoms with Gasteiger partial charge in [0.1, 0.15) is 0 Å². The van der Waals surface area contributed by atoms with E-state index >= 15 is 0 Å². The molecule has 1 heterocycles. The lowest BCUT2D eigenvalue weighted by atomic mass is 10.1. The number of hydrogen-bond donors (Lipinski definition) is 0. The van der Waals surface area contributed by atoms with Crippen molar-refractivity contribution < 1.29 is 13.2 Å². The van der Waals surface area contributed by atoms with Crippen LogP contribution in [0.3, 0.4) is 0 Å². The van der Waals surface area contributed by atoms with Gasteiger partial charge in [-0.05, 0) is 38.8 Å². The number of carbonyl (C=O) groups is 1. The lowest BCUT2D eigenvalue weighted by Crippen LogP contribution is -2.34. The van der Waals surface area contributed by atoms with Crippen LogP contribution in [0.2, 0.25) is 0 Å². The third-order valence-corrected chi connectivity index (χ3v) is 5.80. The van der Waals surface area contributed by atoms with Crippen molar-refractivity contribution >= 4 is 15.9 Å². The Bertz CT molecular complexity index is 859. The van der Waals surface area contributed by atoms with Crippen LogP contribution in [-0.2, 0) is 17.1 Å². The second-order valence-electron chi connectivity index (χ2n) is 5.81. The van der Waals surface area contributed by atoms with Crippen LogP contribution >= 0.6 is 0 Å². The number of nitrogens with zero attached hydrogens (tertiary/aromatic N) is 3. The number of hydrogen-bond acceptors (Lipinski definition) is 4. The number of rotatable bonds is 3. The van der Waals surface area contributed by atoms with Gasteiger partial charge in [-0.3, -0.25) is 9.48 Å². The summed E-state index contributed by atoms with van der Waals surface area (Å²) in [4.78, 5) is 12.8. The molecule has 6 nitrogen and oxygen atoms in total. The first kappa shape index (κ1) is 17.2. The summed E-state index contributed by atoms with van der Waals surface area (Å²) in [6, 6.07) is 3.60. The van der Waals surface area contributed by atoms with Crippen molar-refractivity contribution in [3.63, 3.8) is 0 Å². The standard InChI is InChI=1S/C16H21N3O3S/c1-10-7-11(2)15(12(3)8-10)23(21,22)19(6)16(20)14-9-18(5)17-13(14)4/h7-9H,1-6H3. The first-order valence-corrected chi connectivity index (χ1v) is 8.61. The highest BCUT2D eigenvalue weighted by Gasteiger charge is 2.30. The van der Waals surface area contributed by atoms with E-state index in [1.165, 1.54) is 17.9 Å². The number of sulfonamides is 1. The normalized spacial score (nSPS) is 11.6. The summed E-state index contributed by atoms with van der Waals surface area (Å²) in [5.74, 6) is -0.588. The molecule has 0 aliphatic heterocycles. The fourth-order valence-electron chi connectivity index (χ4n) is 2.80. The van der Waals surface area contributed by atoms with Gasteiger partial charge in [0.25, 0.3) is 15.9 Å². The Morgan fingerprint density at radius 3 is 2.09 bits per heavy atom. The Morgan fingerprint density at radius 2 is 1.65 bits per heavy atom. The highest BCUT2D eigenvalue weighted by Crippen LogP contribution is 2.25. The molecule has 0 spiro atoms. The molecule has 1 amide bonds. The number of aryl methyl sites for hydroxylation is 5. The molecule has 0 saturated heterocycles. The summed E-state index contributed by atoms with van der Waals surface area (Å²) in [5, 5.41) is 4.09. The second kappa shape index (κ2) is 5.81. The van der Waals surface area contributed by atoms with Crippen molar-refractivity contribution in [1.29, 1.82) is 0 Å². The van der Waals surface area contributed by atoms with Gasteiger partial charge in [0, 0.05) is 20.3 Å². The summed E-state index contributed by atoms with van der Waals surface area (Å²) in [7, 11) is -0.958. The minimum Gasteiger partial charge on any atom is -0.275 e. The van der Waals surface area contributed by atoms with Gasteiger partial charge in [-0.2, -0.15) is 5.10 Å². The van der Waals surface area contributed by atoms with E-state index in [0.29, 0.717) is 16.8 Å². The lowest BCUT2D eigenvalue weighted by Gasteiger charge is -2.20. The highest BCUT2D eigenvalue weighted by atomic mass is 32.2. The molecule has 0 N–H and O–H groups in total. The Morgan fingerprint density at radius 1 is 1.13 bits per heavy atom. The van der Waals surface area contributed by atoms with Crippen molar-refractivity contribution in [2.75, 3.05) is 7.05 Å². The molecule has 0 unspecified atom stereocenters. The van der Waals surface area contributed by atoms with Gasteiger partial charge in [-0.1, -0.05) is 17.7 Å². The molecule has 7 heteroatoms. The predicted molar refractivity (Wildman–Crippen MR) is 87.9 cm³/mol. The van der Waals surface area contributed by atoms with Crippen LogP contribution < -0.4 is 0 Å². The fourth-order valence-corrected chi connectivity index (χ4v) is 4.32. The summed E-state index contributed by atoms with van der Waals surface area (Å²) in [6.45, 7) is 7.06. The summed E-state index contributed by atoms with van der Waals surface area (Å²) in [6.07, 6.45) is 1.53. The molecular weight excluding hydrogens is 314 g/mol. The monoisotopic (exact) mass is 335 g/mol. The van der Waals surface area contributed by atoms with Crippen LogP contribution in [0.5, 0.6) is 0 Å². The van der Waals surface area contributed by atoms with Gasteiger partial charge in [0.15, 0.2) is 0 Å². The molecule has 0 atom stereocenters. The van der Waals surface area contributed by atoms with Crippen molar-refractivity contribution in [2.24, 2.45) is 7.05 Å².